The number of benzene rings is 2. The first kappa shape index (κ1) is 23.7. The predicted octanol–water partition coefficient (Wildman–Crippen LogP) is 3.55. The molecule has 0 spiro atoms. The van der Waals surface area contributed by atoms with Gasteiger partial charge in [0.1, 0.15) is 5.75 Å². The molecule has 0 saturated heterocycles. The van der Waals surface area contributed by atoms with Gasteiger partial charge in [-0.2, -0.15) is 0 Å². The van der Waals surface area contributed by atoms with Crippen LogP contribution in [0.1, 0.15) is 18.4 Å². The van der Waals surface area contributed by atoms with E-state index in [-0.39, 0.29) is 11.3 Å². The molecule has 0 atom stereocenters. The van der Waals surface area contributed by atoms with Crippen LogP contribution >= 0.6 is 11.6 Å². The molecule has 0 aliphatic heterocycles. The average Bonchev–Trinajstić information content (AvgIpc) is 2.78. The number of aromatic nitrogens is 1. The Morgan fingerprint density at radius 2 is 1.94 bits per heavy atom. The molecule has 2 aromatic carbocycles. The van der Waals surface area contributed by atoms with E-state index in [9.17, 15) is 13.2 Å². The molecule has 0 fully saturated rings. The number of nitrogens with two attached hydrogens (primary N) is 1. The molecule has 10 heteroatoms. The number of carbonyl (C=O) groups excluding carboxylic acids is 1. The minimum absolute atomic E-state index is 0.0410. The van der Waals surface area contributed by atoms with Gasteiger partial charge in [-0.1, -0.05) is 35.9 Å². The van der Waals surface area contributed by atoms with Crippen molar-refractivity contribution in [2.75, 3.05) is 7.11 Å². The lowest BCUT2D eigenvalue weighted by Crippen LogP contribution is -2.18. The van der Waals surface area contributed by atoms with Crippen molar-refractivity contribution >= 4 is 27.5 Å². The maximum absolute atomic E-state index is 12.2. The molecule has 0 bridgehead atoms. The van der Waals surface area contributed by atoms with Crippen molar-refractivity contribution in [3.8, 4) is 28.1 Å². The largest absolute Gasteiger partial charge is 0.495 e. The third-order valence-electron chi connectivity index (χ3n) is 4.85. The number of hydrogen-bond acceptors (Lipinski definition) is 6. The highest BCUT2D eigenvalue weighted by Gasteiger charge is 2.20. The van der Waals surface area contributed by atoms with E-state index >= 15 is 0 Å². The molecule has 0 aliphatic carbocycles. The molecule has 1 heterocycles. The van der Waals surface area contributed by atoms with Crippen molar-refractivity contribution < 1.29 is 23.2 Å². The number of nitrogens with one attached hydrogen (secondary N) is 1. The molecular formula is C22H22ClN3O5S. The van der Waals surface area contributed by atoms with Crippen LogP contribution in [0.2, 0.25) is 5.02 Å². The Labute approximate surface area is 191 Å². The van der Waals surface area contributed by atoms with E-state index in [0.717, 1.165) is 5.56 Å². The molecule has 0 aliphatic rings. The molecule has 1 aromatic heterocycles. The fourth-order valence-corrected chi connectivity index (χ4v) is 4.33. The number of hydrogen-bond donors (Lipinski definition) is 3. The zero-order valence-electron chi connectivity index (χ0n) is 17.2. The van der Waals surface area contributed by atoms with Crippen molar-refractivity contribution in [2.24, 2.45) is 5.14 Å². The molecular weight excluding hydrogens is 454 g/mol. The van der Waals surface area contributed by atoms with Gasteiger partial charge in [0, 0.05) is 23.7 Å². The number of sulfonamides is 1. The number of ether oxygens (including phenoxy) is 1. The van der Waals surface area contributed by atoms with Crippen molar-refractivity contribution in [1.82, 2.24) is 10.5 Å². The lowest BCUT2D eigenvalue weighted by atomic mass is 9.96. The second-order valence-electron chi connectivity index (χ2n) is 7.02. The Balaban J connectivity index is 2.14. The normalized spacial score (nSPS) is 11.2. The van der Waals surface area contributed by atoms with Gasteiger partial charge in [0.05, 0.1) is 22.7 Å². The van der Waals surface area contributed by atoms with E-state index < -0.39 is 15.9 Å². The third-order valence-corrected chi connectivity index (χ3v) is 6.11. The number of amides is 1. The van der Waals surface area contributed by atoms with Crippen LogP contribution in [0.5, 0.6) is 5.75 Å². The fourth-order valence-electron chi connectivity index (χ4n) is 3.33. The lowest BCUT2D eigenvalue weighted by molar-refractivity contribution is -0.129. The highest BCUT2D eigenvalue weighted by molar-refractivity contribution is 7.89. The maximum atomic E-state index is 12.2. The summed E-state index contributed by atoms with van der Waals surface area (Å²) in [5, 5.41) is 14.5. The molecule has 8 nitrogen and oxygen atoms in total. The Morgan fingerprint density at radius 3 is 2.59 bits per heavy atom. The highest BCUT2D eigenvalue weighted by Crippen LogP contribution is 2.37. The van der Waals surface area contributed by atoms with Crippen molar-refractivity contribution in [3.05, 3.63) is 65.3 Å². The Hall–Kier alpha value is -2.98. The second kappa shape index (κ2) is 10.1. The Bertz CT molecular complexity index is 1250. The van der Waals surface area contributed by atoms with Crippen LogP contribution in [-0.2, 0) is 21.2 Å². The summed E-state index contributed by atoms with van der Waals surface area (Å²) in [6.45, 7) is 0. The SMILES string of the molecule is COc1ccc(-c2cc(CCCC(=O)NO)cnc2-c2ccccc2S(N)(=O)=O)cc1Cl. The van der Waals surface area contributed by atoms with Crippen molar-refractivity contribution in [3.63, 3.8) is 0 Å². The minimum atomic E-state index is -3.99. The monoisotopic (exact) mass is 475 g/mol. The quantitative estimate of drug-likeness (QED) is 0.337. The predicted molar refractivity (Wildman–Crippen MR) is 121 cm³/mol. The van der Waals surface area contributed by atoms with Gasteiger partial charge in [0.25, 0.3) is 0 Å². The molecule has 0 unspecified atom stereocenters. The molecule has 0 saturated carbocycles. The number of pyridine rings is 1. The standard InChI is InChI=1S/C22H22ClN3O5S/c1-31-19-10-9-15(12-18(19)23)17-11-14(5-4-8-21(27)26-28)13-25-22(17)16-6-2-3-7-20(16)32(24,29)30/h2-3,6-7,9-13,28H,4-5,8H2,1H3,(H,26,27)(H2,24,29,30). The summed E-state index contributed by atoms with van der Waals surface area (Å²) in [5.74, 6) is 0.0276. The zero-order valence-corrected chi connectivity index (χ0v) is 18.8. The minimum Gasteiger partial charge on any atom is -0.495 e. The van der Waals surface area contributed by atoms with Crippen LogP contribution in [-0.4, -0.2) is 31.6 Å². The topological polar surface area (TPSA) is 132 Å². The molecule has 32 heavy (non-hydrogen) atoms. The van der Waals surface area contributed by atoms with E-state index in [4.69, 9.17) is 26.7 Å². The first-order chi connectivity index (χ1) is 15.2. The molecule has 4 N–H and O–H groups in total. The molecule has 0 radical (unpaired) electrons. The molecule has 168 valence electrons. The van der Waals surface area contributed by atoms with Crippen molar-refractivity contribution in [1.29, 1.82) is 0 Å². The number of halogens is 1. The van der Waals surface area contributed by atoms with Crippen LogP contribution in [0, 0.1) is 0 Å². The van der Waals surface area contributed by atoms with Crippen LogP contribution in [0.3, 0.4) is 0 Å². The average molecular weight is 476 g/mol. The lowest BCUT2D eigenvalue weighted by Gasteiger charge is -2.15. The zero-order chi connectivity index (χ0) is 23.3. The van der Waals surface area contributed by atoms with Gasteiger partial charge in [0.15, 0.2) is 0 Å². The van der Waals surface area contributed by atoms with Crippen LogP contribution in [0.25, 0.3) is 22.4 Å². The van der Waals surface area contributed by atoms with E-state index in [1.165, 1.54) is 13.2 Å². The van der Waals surface area contributed by atoms with Gasteiger partial charge in [-0.25, -0.2) is 19.0 Å². The number of primary sulfonamides is 1. The van der Waals surface area contributed by atoms with E-state index in [1.807, 2.05) is 6.07 Å². The van der Waals surface area contributed by atoms with Gasteiger partial charge < -0.3 is 4.74 Å². The van der Waals surface area contributed by atoms with E-state index in [2.05, 4.69) is 4.98 Å². The summed E-state index contributed by atoms with van der Waals surface area (Å²) in [5.41, 5.74) is 4.58. The van der Waals surface area contributed by atoms with E-state index in [1.54, 1.807) is 48.1 Å². The summed E-state index contributed by atoms with van der Waals surface area (Å²) in [4.78, 5) is 15.8. The van der Waals surface area contributed by atoms with Crippen LogP contribution in [0.15, 0.2) is 59.6 Å². The summed E-state index contributed by atoms with van der Waals surface area (Å²) in [6.07, 6.45) is 2.79. The van der Waals surface area contributed by atoms with Crippen molar-refractivity contribution in [2.45, 2.75) is 24.2 Å². The van der Waals surface area contributed by atoms with Gasteiger partial charge in [-0.3, -0.25) is 15.0 Å². The number of rotatable bonds is 8. The summed E-state index contributed by atoms with van der Waals surface area (Å²) in [7, 11) is -2.48. The van der Waals surface area contributed by atoms with Gasteiger partial charge >= 0.3 is 0 Å². The number of hydroxylamine groups is 1. The smallest absolute Gasteiger partial charge is 0.243 e. The number of methoxy groups -OCH3 is 1. The number of nitrogens with zero attached hydrogens (tertiary/aromatic N) is 1. The number of carbonyl (C=O) groups is 1. The first-order valence-electron chi connectivity index (χ1n) is 9.62. The highest BCUT2D eigenvalue weighted by atomic mass is 35.5. The molecule has 3 rings (SSSR count). The first-order valence-corrected chi connectivity index (χ1v) is 11.5. The third kappa shape index (κ3) is 5.43. The second-order valence-corrected chi connectivity index (χ2v) is 8.96. The summed E-state index contributed by atoms with van der Waals surface area (Å²) < 4.78 is 29.6. The maximum Gasteiger partial charge on any atom is 0.243 e. The molecule has 1 amide bonds. The van der Waals surface area contributed by atoms with Gasteiger partial charge in [0.2, 0.25) is 15.9 Å². The van der Waals surface area contributed by atoms with Gasteiger partial charge in [-0.05, 0) is 48.2 Å². The number of aryl methyl sites for hydroxylation is 1. The van der Waals surface area contributed by atoms with Crippen LogP contribution < -0.4 is 15.4 Å². The Kier molecular flexibility index (Phi) is 7.47. The van der Waals surface area contributed by atoms with Crippen LogP contribution in [0.4, 0.5) is 0 Å². The summed E-state index contributed by atoms with van der Waals surface area (Å²) in [6, 6.07) is 13.5. The summed E-state index contributed by atoms with van der Waals surface area (Å²) >= 11 is 6.33. The molecule has 3 aromatic rings. The van der Waals surface area contributed by atoms with Gasteiger partial charge in [-0.15, -0.1) is 0 Å². The van der Waals surface area contributed by atoms with E-state index in [0.29, 0.717) is 46.0 Å². The fraction of sp³-hybridized carbons (Fsp3) is 0.182. The Morgan fingerprint density at radius 1 is 1.19 bits per heavy atom.